The Bertz CT molecular complexity index is 248. The van der Waals surface area contributed by atoms with Crippen LogP contribution in [0.25, 0.3) is 0 Å². The van der Waals surface area contributed by atoms with Gasteiger partial charge in [-0.25, -0.2) is 0 Å². The Kier molecular flexibility index (Phi) is 4.63. The molecule has 0 saturated heterocycles. The summed E-state index contributed by atoms with van der Waals surface area (Å²) in [5.41, 5.74) is 1.34. The van der Waals surface area contributed by atoms with Crippen LogP contribution in [0.1, 0.15) is 25.3 Å². The van der Waals surface area contributed by atoms with Crippen LogP contribution in [0.2, 0.25) is 0 Å². The first-order valence-corrected chi connectivity index (χ1v) is 5.13. The van der Waals surface area contributed by atoms with Gasteiger partial charge in [0.15, 0.2) is 0 Å². The number of nitrogens with one attached hydrogen (secondary N) is 1. The molecule has 2 heteroatoms. The third-order valence-corrected chi connectivity index (χ3v) is 2.41. The van der Waals surface area contributed by atoms with Crippen LogP contribution in [0.5, 0.6) is 0 Å². The molecule has 1 aromatic rings. The van der Waals surface area contributed by atoms with E-state index in [9.17, 15) is 0 Å². The van der Waals surface area contributed by atoms with E-state index in [4.69, 9.17) is 5.11 Å². The lowest BCUT2D eigenvalue weighted by molar-refractivity contribution is 0.250. The quantitative estimate of drug-likeness (QED) is 0.747. The van der Waals surface area contributed by atoms with E-state index in [1.165, 1.54) is 5.56 Å². The van der Waals surface area contributed by atoms with Gasteiger partial charge in [-0.15, -0.1) is 0 Å². The lowest BCUT2D eigenvalue weighted by atomic mass is 10.0. The molecule has 0 amide bonds. The summed E-state index contributed by atoms with van der Waals surface area (Å²) in [4.78, 5) is 0. The third-order valence-electron chi connectivity index (χ3n) is 2.41. The Hall–Kier alpha value is -0.860. The SMILES string of the molecule is C[C@@H](CO)NC[C@H](C)c1ccccc1. The Labute approximate surface area is 86.0 Å². The number of benzene rings is 1. The van der Waals surface area contributed by atoms with E-state index < -0.39 is 0 Å². The van der Waals surface area contributed by atoms with Gasteiger partial charge in [-0.1, -0.05) is 37.3 Å². The summed E-state index contributed by atoms with van der Waals surface area (Å²) in [6.07, 6.45) is 0. The van der Waals surface area contributed by atoms with E-state index in [1.807, 2.05) is 13.0 Å². The summed E-state index contributed by atoms with van der Waals surface area (Å²) >= 11 is 0. The van der Waals surface area contributed by atoms with Crippen molar-refractivity contribution in [2.75, 3.05) is 13.2 Å². The average Bonchev–Trinajstić information content (AvgIpc) is 2.26. The van der Waals surface area contributed by atoms with E-state index in [0.29, 0.717) is 5.92 Å². The fourth-order valence-corrected chi connectivity index (χ4v) is 1.34. The summed E-state index contributed by atoms with van der Waals surface area (Å²) < 4.78 is 0. The topological polar surface area (TPSA) is 32.3 Å². The number of hydrogen-bond donors (Lipinski definition) is 2. The van der Waals surface area contributed by atoms with Gasteiger partial charge in [-0.3, -0.25) is 0 Å². The molecule has 0 heterocycles. The molecule has 0 aromatic heterocycles. The smallest absolute Gasteiger partial charge is 0.0581 e. The van der Waals surface area contributed by atoms with Crippen LogP contribution in [-0.2, 0) is 0 Å². The van der Waals surface area contributed by atoms with Gasteiger partial charge in [0.1, 0.15) is 0 Å². The molecule has 2 atom stereocenters. The zero-order valence-electron chi connectivity index (χ0n) is 8.90. The highest BCUT2D eigenvalue weighted by atomic mass is 16.3. The van der Waals surface area contributed by atoms with Gasteiger partial charge in [0.2, 0.25) is 0 Å². The normalized spacial score (nSPS) is 15.1. The monoisotopic (exact) mass is 193 g/mol. The van der Waals surface area contributed by atoms with Crippen molar-refractivity contribution in [1.29, 1.82) is 0 Å². The maximum Gasteiger partial charge on any atom is 0.0581 e. The highest BCUT2D eigenvalue weighted by Crippen LogP contribution is 2.12. The minimum atomic E-state index is 0.182. The molecule has 0 unspecified atom stereocenters. The maximum absolute atomic E-state index is 8.86. The zero-order chi connectivity index (χ0) is 10.4. The van der Waals surface area contributed by atoms with Crippen LogP contribution in [0, 0.1) is 0 Å². The lowest BCUT2D eigenvalue weighted by Gasteiger charge is -2.16. The molecule has 14 heavy (non-hydrogen) atoms. The second-order valence-electron chi connectivity index (χ2n) is 3.80. The van der Waals surface area contributed by atoms with Gasteiger partial charge in [-0.05, 0) is 18.4 Å². The number of aliphatic hydroxyl groups excluding tert-OH is 1. The zero-order valence-corrected chi connectivity index (χ0v) is 8.90. The first-order valence-electron chi connectivity index (χ1n) is 5.13. The van der Waals surface area contributed by atoms with Crippen LogP contribution in [0.15, 0.2) is 30.3 Å². The van der Waals surface area contributed by atoms with Crippen molar-refractivity contribution in [3.63, 3.8) is 0 Å². The van der Waals surface area contributed by atoms with Crippen molar-refractivity contribution in [2.24, 2.45) is 0 Å². The third kappa shape index (κ3) is 3.48. The van der Waals surface area contributed by atoms with Crippen LogP contribution in [0.3, 0.4) is 0 Å². The molecule has 0 bridgehead atoms. The van der Waals surface area contributed by atoms with E-state index in [-0.39, 0.29) is 12.6 Å². The van der Waals surface area contributed by atoms with Crippen molar-refractivity contribution in [2.45, 2.75) is 25.8 Å². The second-order valence-corrected chi connectivity index (χ2v) is 3.80. The van der Waals surface area contributed by atoms with Crippen molar-refractivity contribution in [3.8, 4) is 0 Å². The van der Waals surface area contributed by atoms with Gasteiger partial charge >= 0.3 is 0 Å². The molecule has 0 spiro atoms. The van der Waals surface area contributed by atoms with Crippen LogP contribution in [-0.4, -0.2) is 24.3 Å². The Morgan fingerprint density at radius 2 is 1.86 bits per heavy atom. The Balaban J connectivity index is 2.39. The lowest BCUT2D eigenvalue weighted by Crippen LogP contribution is -2.32. The van der Waals surface area contributed by atoms with Gasteiger partial charge in [0, 0.05) is 12.6 Å². The van der Waals surface area contributed by atoms with Gasteiger partial charge in [0.05, 0.1) is 6.61 Å². The highest BCUT2D eigenvalue weighted by Gasteiger charge is 2.05. The predicted molar refractivity (Wildman–Crippen MR) is 59.4 cm³/mol. The molecule has 0 aliphatic carbocycles. The Morgan fingerprint density at radius 1 is 1.21 bits per heavy atom. The van der Waals surface area contributed by atoms with Crippen molar-refractivity contribution in [3.05, 3.63) is 35.9 Å². The van der Waals surface area contributed by atoms with Crippen LogP contribution in [0.4, 0.5) is 0 Å². The van der Waals surface area contributed by atoms with Crippen LogP contribution < -0.4 is 5.32 Å². The number of rotatable bonds is 5. The molecule has 0 saturated carbocycles. The van der Waals surface area contributed by atoms with Gasteiger partial charge < -0.3 is 10.4 Å². The van der Waals surface area contributed by atoms with Crippen molar-refractivity contribution >= 4 is 0 Å². The largest absolute Gasteiger partial charge is 0.395 e. The first-order chi connectivity index (χ1) is 6.74. The van der Waals surface area contributed by atoms with E-state index in [1.54, 1.807) is 0 Å². The van der Waals surface area contributed by atoms with E-state index in [0.717, 1.165) is 6.54 Å². The van der Waals surface area contributed by atoms with E-state index in [2.05, 4.69) is 36.5 Å². The molecule has 2 N–H and O–H groups in total. The minimum Gasteiger partial charge on any atom is -0.395 e. The highest BCUT2D eigenvalue weighted by molar-refractivity contribution is 5.18. The molecule has 0 aliphatic rings. The first kappa shape index (κ1) is 11.2. The van der Waals surface area contributed by atoms with Crippen molar-refractivity contribution < 1.29 is 5.11 Å². The fraction of sp³-hybridized carbons (Fsp3) is 0.500. The summed E-state index contributed by atoms with van der Waals surface area (Å²) in [6, 6.07) is 10.6. The minimum absolute atomic E-state index is 0.182. The number of aliphatic hydroxyl groups is 1. The predicted octanol–water partition coefficient (Wildman–Crippen LogP) is 1.76. The molecule has 0 aliphatic heterocycles. The average molecular weight is 193 g/mol. The summed E-state index contributed by atoms with van der Waals surface area (Å²) in [7, 11) is 0. The molecule has 0 radical (unpaired) electrons. The standard InChI is InChI=1S/C12H19NO/c1-10(8-13-11(2)9-14)12-6-4-3-5-7-12/h3-7,10-11,13-14H,8-9H2,1-2H3/t10-,11-/m0/s1. The van der Waals surface area contributed by atoms with Crippen molar-refractivity contribution in [1.82, 2.24) is 5.32 Å². The molecule has 78 valence electrons. The van der Waals surface area contributed by atoms with E-state index >= 15 is 0 Å². The molecule has 2 nitrogen and oxygen atoms in total. The molecule has 0 fully saturated rings. The van der Waals surface area contributed by atoms with Gasteiger partial charge in [-0.2, -0.15) is 0 Å². The summed E-state index contributed by atoms with van der Waals surface area (Å²) in [6.45, 7) is 5.28. The summed E-state index contributed by atoms with van der Waals surface area (Å²) in [5, 5.41) is 12.1. The fourth-order valence-electron chi connectivity index (χ4n) is 1.34. The molecular weight excluding hydrogens is 174 g/mol. The molecule has 1 rings (SSSR count). The number of hydrogen-bond acceptors (Lipinski definition) is 2. The maximum atomic E-state index is 8.86. The summed E-state index contributed by atoms with van der Waals surface area (Å²) in [5.74, 6) is 0.491. The molecule has 1 aromatic carbocycles. The second kappa shape index (κ2) is 5.78. The molecular formula is C12H19NO. The van der Waals surface area contributed by atoms with Crippen LogP contribution >= 0.6 is 0 Å². The Morgan fingerprint density at radius 3 is 2.43 bits per heavy atom. The van der Waals surface area contributed by atoms with Gasteiger partial charge in [0.25, 0.3) is 0 Å².